The van der Waals surface area contributed by atoms with Crippen LogP contribution in [0.5, 0.6) is 0 Å². The largest absolute Gasteiger partial charge is 0.480 e. The van der Waals surface area contributed by atoms with Crippen molar-refractivity contribution < 1.29 is 14.7 Å². The van der Waals surface area contributed by atoms with Gasteiger partial charge in [0.2, 0.25) is 5.91 Å². The summed E-state index contributed by atoms with van der Waals surface area (Å²) in [6.45, 7) is 6.38. The third-order valence-electron chi connectivity index (χ3n) is 5.99. The lowest BCUT2D eigenvalue weighted by molar-refractivity contribution is -0.143. The van der Waals surface area contributed by atoms with E-state index < -0.39 is 18.1 Å². The summed E-state index contributed by atoms with van der Waals surface area (Å²) < 4.78 is 0. The summed E-state index contributed by atoms with van der Waals surface area (Å²) in [4.78, 5) is 27.2. The molecular weight excluding hydrogens is 456 g/mol. The molecule has 1 aliphatic heterocycles. The molecule has 0 saturated heterocycles. The molecule has 2 rings (SSSR count). The number of amides is 1. The molecule has 0 aromatic heterocycles. The number of carbonyl (C=O) groups is 2. The van der Waals surface area contributed by atoms with Gasteiger partial charge in [-0.15, -0.1) is 0 Å². The zero-order valence-corrected chi connectivity index (χ0v) is 21.7. The number of nitrogens with zero attached hydrogens (tertiary/aromatic N) is 1. The molecule has 1 aromatic rings. The van der Waals surface area contributed by atoms with Gasteiger partial charge in [-0.05, 0) is 48.3 Å². The first-order valence-corrected chi connectivity index (χ1v) is 13.7. The van der Waals surface area contributed by atoms with Crippen LogP contribution >= 0.6 is 24.4 Å². The third-order valence-corrected chi connectivity index (χ3v) is 7.10. The number of thioether (sulfide) groups is 1. The van der Waals surface area contributed by atoms with E-state index in [2.05, 4.69) is 54.1 Å². The van der Waals surface area contributed by atoms with E-state index in [9.17, 15) is 14.7 Å². The summed E-state index contributed by atoms with van der Waals surface area (Å²) >= 11 is 5.86. The average molecular weight is 497 g/mol. The predicted octanol–water partition coefficient (Wildman–Crippen LogP) is 2.00. The van der Waals surface area contributed by atoms with E-state index in [1.165, 1.54) is 5.56 Å². The second kappa shape index (κ2) is 14.2. The lowest BCUT2D eigenvalue weighted by atomic mass is 9.92. The summed E-state index contributed by atoms with van der Waals surface area (Å²) in [5.74, 6) is 0.576. The average Bonchev–Trinajstić information content (AvgIpc) is 2.78. The SMILES string of the molecule is CSCC[C@H](NC(=O)[C@@H]1Cc2ccccc2CN1C[C@@H](CC(C)C)NCC(N)CS)C(=O)O. The van der Waals surface area contributed by atoms with Crippen molar-refractivity contribution in [1.82, 2.24) is 15.5 Å². The molecule has 0 fully saturated rings. The standard InChI is InChI=1S/C24H40N4O3S2/c1-16(2)10-20(26-12-19(25)15-32)14-28-13-18-7-5-4-6-17(18)11-22(28)23(29)27-21(24(30)31)8-9-33-3/h4-7,16,19-22,26,32H,8-15,25H2,1-3H3,(H,27,29)(H,30,31)/t19?,20-,21+,22+/m1/s1. The van der Waals surface area contributed by atoms with Crippen molar-refractivity contribution in [1.29, 1.82) is 0 Å². The van der Waals surface area contributed by atoms with Crippen LogP contribution in [0.15, 0.2) is 24.3 Å². The second-order valence-electron chi connectivity index (χ2n) is 9.28. The number of aliphatic carboxylic acids is 1. The fourth-order valence-electron chi connectivity index (χ4n) is 4.25. The fourth-order valence-corrected chi connectivity index (χ4v) is 4.85. The number of hydrogen-bond donors (Lipinski definition) is 5. The van der Waals surface area contributed by atoms with E-state index in [4.69, 9.17) is 5.73 Å². The van der Waals surface area contributed by atoms with Crippen LogP contribution in [0, 0.1) is 5.92 Å². The number of benzene rings is 1. The number of carbonyl (C=O) groups excluding carboxylic acids is 1. The number of hydrogen-bond acceptors (Lipinski definition) is 7. The Balaban J connectivity index is 2.21. The first kappa shape index (κ1) is 28.0. The molecule has 4 atom stereocenters. The van der Waals surface area contributed by atoms with Gasteiger partial charge in [0.1, 0.15) is 6.04 Å². The molecule has 1 aliphatic rings. The minimum atomic E-state index is -0.986. The summed E-state index contributed by atoms with van der Waals surface area (Å²) in [7, 11) is 0. The van der Waals surface area contributed by atoms with Gasteiger partial charge in [-0.25, -0.2) is 4.79 Å². The van der Waals surface area contributed by atoms with Gasteiger partial charge >= 0.3 is 5.97 Å². The van der Waals surface area contributed by atoms with Gasteiger partial charge in [-0.3, -0.25) is 9.69 Å². The van der Waals surface area contributed by atoms with Crippen molar-refractivity contribution in [3.63, 3.8) is 0 Å². The van der Waals surface area contributed by atoms with Crippen molar-refractivity contribution in [2.24, 2.45) is 11.7 Å². The zero-order chi connectivity index (χ0) is 24.4. The molecule has 1 aromatic carbocycles. The topological polar surface area (TPSA) is 108 Å². The van der Waals surface area contributed by atoms with Crippen molar-refractivity contribution in [3.05, 3.63) is 35.4 Å². The van der Waals surface area contributed by atoms with Crippen LogP contribution in [0.3, 0.4) is 0 Å². The van der Waals surface area contributed by atoms with Gasteiger partial charge in [0.05, 0.1) is 6.04 Å². The van der Waals surface area contributed by atoms with Gasteiger partial charge in [-0.1, -0.05) is 38.1 Å². The molecule has 9 heteroatoms. The number of carboxylic acids is 1. The van der Waals surface area contributed by atoms with Crippen LogP contribution in [-0.4, -0.2) is 76.9 Å². The Labute approximate surface area is 208 Å². The minimum absolute atomic E-state index is 0.0306. The normalized spacial score (nSPS) is 19.0. The molecule has 1 heterocycles. The Hall–Kier alpha value is -1.26. The molecule has 0 bridgehead atoms. The predicted molar refractivity (Wildman–Crippen MR) is 140 cm³/mol. The zero-order valence-electron chi connectivity index (χ0n) is 20.0. The lowest BCUT2D eigenvalue weighted by Gasteiger charge is -2.39. The van der Waals surface area contributed by atoms with Crippen molar-refractivity contribution >= 4 is 36.3 Å². The maximum Gasteiger partial charge on any atom is 0.326 e. The second-order valence-corrected chi connectivity index (χ2v) is 10.6. The molecule has 186 valence electrons. The highest BCUT2D eigenvalue weighted by Crippen LogP contribution is 2.24. The van der Waals surface area contributed by atoms with E-state index in [1.807, 2.05) is 18.4 Å². The highest BCUT2D eigenvalue weighted by molar-refractivity contribution is 7.98. The van der Waals surface area contributed by atoms with Crippen LogP contribution in [0.25, 0.3) is 0 Å². The van der Waals surface area contributed by atoms with Crippen LogP contribution in [0.2, 0.25) is 0 Å². The maximum atomic E-state index is 13.3. The molecule has 1 amide bonds. The summed E-state index contributed by atoms with van der Waals surface area (Å²) in [6.07, 6.45) is 3.87. The van der Waals surface area contributed by atoms with E-state index in [1.54, 1.807) is 11.8 Å². The number of thiol groups is 1. The fraction of sp³-hybridized carbons (Fsp3) is 0.667. The highest BCUT2D eigenvalue weighted by Gasteiger charge is 2.34. The first-order valence-electron chi connectivity index (χ1n) is 11.7. The Morgan fingerprint density at radius 1 is 1.30 bits per heavy atom. The molecule has 0 saturated carbocycles. The van der Waals surface area contributed by atoms with Gasteiger partial charge in [0.15, 0.2) is 0 Å². The van der Waals surface area contributed by atoms with Gasteiger partial charge in [0.25, 0.3) is 0 Å². The monoisotopic (exact) mass is 496 g/mol. The number of fused-ring (bicyclic) bond motifs is 1. The Kier molecular flexibility index (Phi) is 12.0. The molecule has 5 N–H and O–H groups in total. The van der Waals surface area contributed by atoms with E-state index in [0.29, 0.717) is 49.9 Å². The Morgan fingerprint density at radius 2 is 2.00 bits per heavy atom. The van der Waals surface area contributed by atoms with E-state index in [0.717, 1.165) is 12.0 Å². The lowest BCUT2D eigenvalue weighted by Crippen LogP contribution is -2.57. The molecular formula is C24H40N4O3S2. The molecule has 0 aliphatic carbocycles. The highest BCUT2D eigenvalue weighted by atomic mass is 32.2. The van der Waals surface area contributed by atoms with Crippen LogP contribution in [0.1, 0.15) is 37.8 Å². The number of carboxylic acid groups (broad SMARTS) is 1. The summed E-state index contributed by atoms with van der Waals surface area (Å²) in [5.41, 5.74) is 8.44. The van der Waals surface area contributed by atoms with Crippen molar-refractivity contribution in [2.45, 2.75) is 63.8 Å². The van der Waals surface area contributed by atoms with Crippen LogP contribution < -0.4 is 16.4 Å². The van der Waals surface area contributed by atoms with E-state index >= 15 is 0 Å². The molecule has 7 nitrogen and oxygen atoms in total. The van der Waals surface area contributed by atoms with Crippen molar-refractivity contribution in [3.8, 4) is 0 Å². The minimum Gasteiger partial charge on any atom is -0.480 e. The quantitative estimate of drug-likeness (QED) is 0.251. The van der Waals surface area contributed by atoms with Gasteiger partial charge in [0, 0.05) is 37.5 Å². The molecule has 0 spiro atoms. The molecule has 0 radical (unpaired) electrons. The number of nitrogens with two attached hydrogens (primary N) is 1. The summed E-state index contributed by atoms with van der Waals surface area (Å²) in [5, 5.41) is 16.0. The van der Waals surface area contributed by atoms with Gasteiger partial charge in [-0.2, -0.15) is 24.4 Å². The Morgan fingerprint density at radius 3 is 2.61 bits per heavy atom. The number of rotatable bonds is 14. The van der Waals surface area contributed by atoms with Crippen molar-refractivity contribution in [2.75, 3.05) is 30.9 Å². The van der Waals surface area contributed by atoms with Crippen LogP contribution in [0.4, 0.5) is 0 Å². The van der Waals surface area contributed by atoms with Gasteiger partial charge < -0.3 is 21.5 Å². The maximum absolute atomic E-state index is 13.3. The first-order chi connectivity index (χ1) is 15.7. The van der Waals surface area contributed by atoms with E-state index in [-0.39, 0.29) is 18.0 Å². The number of nitrogens with one attached hydrogen (secondary N) is 2. The Bertz CT molecular complexity index is 765. The molecule has 1 unspecified atom stereocenters. The smallest absolute Gasteiger partial charge is 0.326 e. The third kappa shape index (κ3) is 9.13. The summed E-state index contributed by atoms with van der Waals surface area (Å²) in [6, 6.07) is 7.04. The molecule has 33 heavy (non-hydrogen) atoms. The van der Waals surface area contributed by atoms with Crippen LogP contribution in [-0.2, 0) is 22.6 Å².